The van der Waals surface area contributed by atoms with Gasteiger partial charge in [0, 0.05) is 4.47 Å². The van der Waals surface area contributed by atoms with Crippen molar-refractivity contribution in [2.24, 2.45) is 0 Å². The standard InChI is InChI=1S/C13H7Br3O/c14-7-1-2-8-6(3-7)4-10-9(8)5-11(15)13(17)12(10)16/h1-3,5,17H,4H2. The van der Waals surface area contributed by atoms with E-state index >= 15 is 0 Å². The van der Waals surface area contributed by atoms with Gasteiger partial charge in [-0.1, -0.05) is 22.0 Å². The van der Waals surface area contributed by atoms with E-state index in [1.54, 1.807) is 0 Å². The zero-order chi connectivity index (χ0) is 12.2. The number of aromatic hydroxyl groups is 1. The molecule has 17 heavy (non-hydrogen) atoms. The third-order valence-corrected chi connectivity index (χ3v) is 4.97. The highest BCUT2D eigenvalue weighted by Gasteiger charge is 2.23. The summed E-state index contributed by atoms with van der Waals surface area (Å²) in [7, 11) is 0. The van der Waals surface area contributed by atoms with E-state index in [2.05, 4.69) is 59.9 Å². The molecule has 0 heterocycles. The van der Waals surface area contributed by atoms with Crippen molar-refractivity contribution >= 4 is 47.8 Å². The Balaban J connectivity index is 2.30. The van der Waals surface area contributed by atoms with Crippen molar-refractivity contribution in [3.63, 3.8) is 0 Å². The fraction of sp³-hybridized carbons (Fsp3) is 0.0769. The van der Waals surface area contributed by atoms with Gasteiger partial charge in [0.1, 0.15) is 5.75 Å². The van der Waals surface area contributed by atoms with Crippen LogP contribution in [-0.4, -0.2) is 5.11 Å². The van der Waals surface area contributed by atoms with Crippen molar-refractivity contribution in [2.45, 2.75) is 6.42 Å². The van der Waals surface area contributed by atoms with Gasteiger partial charge in [-0.2, -0.15) is 0 Å². The van der Waals surface area contributed by atoms with Crippen LogP contribution in [0, 0.1) is 0 Å². The van der Waals surface area contributed by atoms with E-state index in [9.17, 15) is 5.11 Å². The van der Waals surface area contributed by atoms with E-state index < -0.39 is 0 Å². The minimum atomic E-state index is 0.274. The highest BCUT2D eigenvalue weighted by molar-refractivity contribution is 9.11. The van der Waals surface area contributed by atoms with E-state index in [1.165, 1.54) is 16.7 Å². The van der Waals surface area contributed by atoms with Crippen LogP contribution in [0.15, 0.2) is 37.7 Å². The summed E-state index contributed by atoms with van der Waals surface area (Å²) in [6.07, 6.45) is 0.853. The molecule has 0 amide bonds. The molecule has 0 bridgehead atoms. The molecule has 1 N–H and O–H groups in total. The first-order valence-corrected chi connectivity index (χ1v) is 7.44. The summed E-state index contributed by atoms with van der Waals surface area (Å²) in [6.45, 7) is 0. The van der Waals surface area contributed by atoms with Crippen molar-refractivity contribution in [2.75, 3.05) is 0 Å². The fourth-order valence-electron chi connectivity index (χ4n) is 2.22. The molecule has 2 aromatic carbocycles. The average Bonchev–Trinajstić information content (AvgIpc) is 2.64. The molecule has 1 nitrogen and oxygen atoms in total. The fourth-order valence-corrected chi connectivity index (χ4v) is 3.89. The maximum atomic E-state index is 9.90. The minimum absolute atomic E-state index is 0.274. The summed E-state index contributed by atoms with van der Waals surface area (Å²) in [5.41, 5.74) is 4.86. The van der Waals surface area contributed by atoms with E-state index in [0.29, 0.717) is 0 Å². The van der Waals surface area contributed by atoms with Gasteiger partial charge in [-0.15, -0.1) is 0 Å². The second-order valence-corrected chi connectivity index (χ2v) is 6.59. The Kier molecular flexibility index (Phi) is 2.84. The first kappa shape index (κ1) is 11.8. The molecule has 86 valence electrons. The second-order valence-electron chi connectivity index (χ2n) is 4.03. The van der Waals surface area contributed by atoms with Crippen LogP contribution in [0.2, 0.25) is 0 Å². The van der Waals surface area contributed by atoms with Crippen LogP contribution in [0.3, 0.4) is 0 Å². The molecule has 1 aliphatic rings. The second kappa shape index (κ2) is 4.11. The number of fused-ring (bicyclic) bond motifs is 3. The van der Waals surface area contributed by atoms with Crippen LogP contribution < -0.4 is 0 Å². The summed E-state index contributed by atoms with van der Waals surface area (Å²) < 4.78 is 2.59. The van der Waals surface area contributed by atoms with Gasteiger partial charge in [-0.25, -0.2) is 0 Å². The zero-order valence-electron chi connectivity index (χ0n) is 8.60. The van der Waals surface area contributed by atoms with Crippen molar-refractivity contribution in [3.8, 4) is 16.9 Å². The molecular formula is C13H7Br3O. The molecule has 0 saturated heterocycles. The summed E-state index contributed by atoms with van der Waals surface area (Å²) in [5, 5.41) is 9.90. The van der Waals surface area contributed by atoms with E-state index in [0.717, 1.165) is 25.4 Å². The van der Waals surface area contributed by atoms with Crippen molar-refractivity contribution in [1.82, 2.24) is 0 Å². The maximum Gasteiger partial charge on any atom is 0.144 e. The third-order valence-electron chi connectivity index (χ3n) is 3.02. The summed E-state index contributed by atoms with van der Waals surface area (Å²) in [4.78, 5) is 0. The van der Waals surface area contributed by atoms with Crippen molar-refractivity contribution in [3.05, 3.63) is 48.8 Å². The van der Waals surface area contributed by atoms with Crippen LogP contribution in [0.4, 0.5) is 0 Å². The van der Waals surface area contributed by atoms with Crippen LogP contribution in [0.5, 0.6) is 5.75 Å². The lowest BCUT2D eigenvalue weighted by Gasteiger charge is -2.07. The summed E-state index contributed by atoms with van der Waals surface area (Å²) in [6, 6.07) is 8.27. The maximum absolute atomic E-state index is 9.90. The van der Waals surface area contributed by atoms with E-state index in [1.807, 2.05) is 12.1 Å². The Hall–Kier alpha value is -0.320. The Morgan fingerprint density at radius 3 is 2.53 bits per heavy atom. The first-order valence-electron chi connectivity index (χ1n) is 5.06. The SMILES string of the molecule is Oc1c(Br)cc2c(c1Br)Cc1cc(Br)ccc1-2. The molecule has 0 fully saturated rings. The summed E-state index contributed by atoms with van der Waals surface area (Å²) >= 11 is 10.3. The Morgan fingerprint density at radius 2 is 1.76 bits per heavy atom. The van der Waals surface area contributed by atoms with Crippen LogP contribution in [0.1, 0.15) is 11.1 Å². The van der Waals surface area contributed by atoms with Crippen LogP contribution in [0.25, 0.3) is 11.1 Å². The number of rotatable bonds is 0. The molecule has 4 heteroatoms. The molecule has 0 spiro atoms. The van der Waals surface area contributed by atoms with E-state index in [4.69, 9.17) is 0 Å². The van der Waals surface area contributed by atoms with Gasteiger partial charge < -0.3 is 5.11 Å². The van der Waals surface area contributed by atoms with Gasteiger partial charge in [-0.3, -0.25) is 0 Å². The molecular weight excluding hydrogens is 412 g/mol. The molecule has 0 aromatic heterocycles. The Labute approximate surface area is 124 Å². The molecule has 0 saturated carbocycles. The number of hydrogen-bond donors (Lipinski definition) is 1. The van der Waals surface area contributed by atoms with Gasteiger partial charge in [-0.05, 0) is 78.7 Å². The molecule has 0 radical (unpaired) electrons. The number of phenols is 1. The molecule has 0 unspecified atom stereocenters. The molecule has 0 atom stereocenters. The minimum Gasteiger partial charge on any atom is -0.506 e. The van der Waals surface area contributed by atoms with Crippen LogP contribution in [-0.2, 0) is 6.42 Å². The largest absolute Gasteiger partial charge is 0.506 e. The van der Waals surface area contributed by atoms with Crippen molar-refractivity contribution < 1.29 is 5.11 Å². The lowest BCUT2D eigenvalue weighted by molar-refractivity contribution is 0.468. The molecule has 0 aliphatic heterocycles. The summed E-state index contributed by atoms with van der Waals surface area (Å²) in [5.74, 6) is 0.274. The predicted octanol–water partition coefficient (Wildman–Crippen LogP) is 5.25. The molecule has 3 rings (SSSR count). The quantitative estimate of drug-likeness (QED) is 0.528. The Bertz CT molecular complexity index is 635. The van der Waals surface area contributed by atoms with Gasteiger partial charge in [0.25, 0.3) is 0 Å². The first-order chi connectivity index (χ1) is 8.08. The lowest BCUT2D eigenvalue weighted by Crippen LogP contribution is -1.84. The van der Waals surface area contributed by atoms with E-state index in [-0.39, 0.29) is 5.75 Å². The number of phenolic OH excluding ortho intramolecular Hbond substituents is 1. The predicted molar refractivity (Wildman–Crippen MR) is 79.4 cm³/mol. The van der Waals surface area contributed by atoms with Crippen LogP contribution >= 0.6 is 47.8 Å². The molecule has 2 aromatic rings. The van der Waals surface area contributed by atoms with Crippen molar-refractivity contribution in [1.29, 1.82) is 0 Å². The lowest BCUT2D eigenvalue weighted by atomic mass is 10.1. The van der Waals surface area contributed by atoms with Gasteiger partial charge in [0.15, 0.2) is 0 Å². The highest BCUT2D eigenvalue weighted by Crippen LogP contribution is 2.47. The van der Waals surface area contributed by atoms with Gasteiger partial charge in [0.2, 0.25) is 0 Å². The third kappa shape index (κ3) is 1.77. The Morgan fingerprint density at radius 1 is 1.00 bits per heavy atom. The monoisotopic (exact) mass is 416 g/mol. The average molecular weight is 419 g/mol. The highest BCUT2D eigenvalue weighted by atomic mass is 79.9. The molecule has 1 aliphatic carbocycles. The normalized spacial score (nSPS) is 12.4. The topological polar surface area (TPSA) is 20.2 Å². The number of benzene rings is 2. The number of hydrogen-bond acceptors (Lipinski definition) is 1. The smallest absolute Gasteiger partial charge is 0.144 e. The van der Waals surface area contributed by atoms with Gasteiger partial charge >= 0.3 is 0 Å². The zero-order valence-corrected chi connectivity index (χ0v) is 13.4. The van der Waals surface area contributed by atoms with Gasteiger partial charge in [0.05, 0.1) is 8.95 Å². The number of halogens is 3.